The fraction of sp³-hybridized carbons (Fsp3) is 0.0833. The molecule has 1 aliphatic heterocycles. The molecule has 144 valence electrons. The van der Waals surface area contributed by atoms with Crippen LogP contribution in [0.25, 0.3) is 6.08 Å². The van der Waals surface area contributed by atoms with Gasteiger partial charge in [0.05, 0.1) is 5.69 Å². The SMILES string of the molecule is Cc1cccc(COc2ccc(/C=C3\C(=O)NN(c4ccccc4)C3=O)cc2)c1. The Hall–Kier alpha value is -3.86. The number of anilines is 1. The fourth-order valence-corrected chi connectivity index (χ4v) is 3.11. The van der Waals surface area contributed by atoms with Crippen molar-refractivity contribution in [3.05, 3.63) is 101 Å². The molecule has 0 atom stereocenters. The second-order valence-electron chi connectivity index (χ2n) is 6.82. The van der Waals surface area contributed by atoms with Crippen LogP contribution >= 0.6 is 0 Å². The molecule has 0 spiro atoms. The number of nitrogens with zero attached hydrogens (tertiary/aromatic N) is 1. The second-order valence-corrected chi connectivity index (χ2v) is 6.82. The van der Waals surface area contributed by atoms with Crippen molar-refractivity contribution in [3.8, 4) is 5.75 Å². The Kier molecular flexibility index (Phi) is 5.12. The first-order valence-electron chi connectivity index (χ1n) is 9.31. The third-order valence-electron chi connectivity index (χ3n) is 4.58. The van der Waals surface area contributed by atoms with Gasteiger partial charge < -0.3 is 4.74 Å². The normalized spacial score (nSPS) is 14.9. The van der Waals surface area contributed by atoms with Crippen LogP contribution in [0.1, 0.15) is 16.7 Å². The summed E-state index contributed by atoms with van der Waals surface area (Å²) < 4.78 is 5.81. The fourth-order valence-electron chi connectivity index (χ4n) is 3.11. The first-order chi connectivity index (χ1) is 14.1. The summed E-state index contributed by atoms with van der Waals surface area (Å²) in [6.45, 7) is 2.53. The molecule has 0 radical (unpaired) electrons. The topological polar surface area (TPSA) is 58.6 Å². The van der Waals surface area contributed by atoms with Crippen LogP contribution in [0, 0.1) is 6.92 Å². The van der Waals surface area contributed by atoms with Gasteiger partial charge in [-0.2, -0.15) is 0 Å². The summed E-state index contributed by atoms with van der Waals surface area (Å²) in [7, 11) is 0. The van der Waals surface area contributed by atoms with E-state index in [1.165, 1.54) is 10.6 Å². The van der Waals surface area contributed by atoms with E-state index in [1.54, 1.807) is 18.2 Å². The van der Waals surface area contributed by atoms with Gasteiger partial charge in [0, 0.05) is 0 Å². The number of nitrogens with one attached hydrogen (secondary N) is 1. The molecule has 0 unspecified atom stereocenters. The molecule has 2 amide bonds. The number of rotatable bonds is 5. The summed E-state index contributed by atoms with van der Waals surface area (Å²) in [4.78, 5) is 24.9. The maximum Gasteiger partial charge on any atom is 0.282 e. The molecule has 1 N–H and O–H groups in total. The highest BCUT2D eigenvalue weighted by Crippen LogP contribution is 2.22. The molecule has 0 bridgehead atoms. The number of hydrogen-bond acceptors (Lipinski definition) is 3. The molecule has 1 heterocycles. The number of hydrogen-bond donors (Lipinski definition) is 1. The van der Waals surface area contributed by atoms with Crippen LogP contribution in [-0.2, 0) is 16.2 Å². The van der Waals surface area contributed by atoms with E-state index >= 15 is 0 Å². The lowest BCUT2D eigenvalue weighted by Crippen LogP contribution is -2.35. The van der Waals surface area contributed by atoms with Crippen LogP contribution in [-0.4, -0.2) is 11.8 Å². The maximum absolute atomic E-state index is 12.6. The molecule has 5 heteroatoms. The number of carbonyl (C=O) groups excluding carboxylic acids is 2. The van der Waals surface area contributed by atoms with Crippen molar-refractivity contribution in [1.29, 1.82) is 0 Å². The van der Waals surface area contributed by atoms with Crippen LogP contribution < -0.4 is 15.2 Å². The third kappa shape index (κ3) is 4.19. The summed E-state index contributed by atoms with van der Waals surface area (Å²) in [6, 6.07) is 24.5. The van der Waals surface area contributed by atoms with Gasteiger partial charge in [0.2, 0.25) is 0 Å². The van der Waals surface area contributed by atoms with Crippen LogP contribution in [0.3, 0.4) is 0 Å². The van der Waals surface area contributed by atoms with Gasteiger partial charge in [-0.3, -0.25) is 15.0 Å². The van der Waals surface area contributed by atoms with Gasteiger partial charge in [-0.15, -0.1) is 0 Å². The largest absolute Gasteiger partial charge is 0.489 e. The highest BCUT2D eigenvalue weighted by molar-refractivity contribution is 6.31. The van der Waals surface area contributed by atoms with Crippen LogP contribution in [0.4, 0.5) is 5.69 Å². The van der Waals surface area contributed by atoms with Gasteiger partial charge in [-0.05, 0) is 48.4 Å². The Morgan fingerprint density at radius 1 is 0.931 bits per heavy atom. The summed E-state index contributed by atoms with van der Waals surface area (Å²) in [5.41, 5.74) is 6.36. The zero-order chi connectivity index (χ0) is 20.2. The molecule has 0 saturated carbocycles. The molecular formula is C24H20N2O3. The van der Waals surface area contributed by atoms with Crippen molar-refractivity contribution in [2.24, 2.45) is 0 Å². The van der Waals surface area contributed by atoms with Crippen molar-refractivity contribution in [1.82, 2.24) is 5.43 Å². The number of carbonyl (C=O) groups is 2. The van der Waals surface area contributed by atoms with Gasteiger partial charge in [0.25, 0.3) is 11.8 Å². The molecule has 1 aliphatic rings. The Balaban J connectivity index is 1.45. The van der Waals surface area contributed by atoms with Crippen LogP contribution in [0.5, 0.6) is 5.75 Å². The average molecular weight is 384 g/mol. The summed E-state index contributed by atoms with van der Waals surface area (Å²) in [5.74, 6) is -0.0682. The zero-order valence-corrected chi connectivity index (χ0v) is 16.0. The monoisotopic (exact) mass is 384 g/mol. The number of para-hydroxylation sites is 1. The summed E-state index contributed by atoms with van der Waals surface area (Å²) in [5, 5.41) is 1.26. The van der Waals surface area contributed by atoms with Crippen molar-refractivity contribution < 1.29 is 14.3 Å². The molecule has 5 nitrogen and oxygen atoms in total. The molecule has 0 aliphatic carbocycles. The quantitative estimate of drug-likeness (QED) is 0.534. The lowest BCUT2D eigenvalue weighted by atomic mass is 10.1. The smallest absolute Gasteiger partial charge is 0.282 e. The Labute approximate surface area is 169 Å². The first kappa shape index (κ1) is 18.5. The molecule has 3 aromatic rings. The zero-order valence-electron chi connectivity index (χ0n) is 16.0. The highest BCUT2D eigenvalue weighted by Gasteiger charge is 2.34. The second kappa shape index (κ2) is 8.02. The van der Waals surface area contributed by atoms with Crippen LogP contribution in [0.2, 0.25) is 0 Å². The lowest BCUT2D eigenvalue weighted by molar-refractivity contribution is -0.117. The van der Waals surface area contributed by atoms with E-state index in [0.717, 1.165) is 16.9 Å². The molecular weight excluding hydrogens is 364 g/mol. The number of amides is 2. The van der Waals surface area contributed by atoms with Crippen molar-refractivity contribution >= 4 is 23.6 Å². The highest BCUT2D eigenvalue weighted by atomic mass is 16.5. The first-order valence-corrected chi connectivity index (χ1v) is 9.31. The molecule has 1 fully saturated rings. The lowest BCUT2D eigenvalue weighted by Gasteiger charge is -2.13. The number of ether oxygens (including phenoxy) is 1. The van der Waals surface area contributed by atoms with Gasteiger partial charge in [0.15, 0.2) is 0 Å². The predicted octanol–water partition coefficient (Wildman–Crippen LogP) is 4.04. The van der Waals surface area contributed by atoms with Gasteiger partial charge in [0.1, 0.15) is 17.9 Å². The molecule has 29 heavy (non-hydrogen) atoms. The van der Waals surface area contributed by atoms with E-state index in [1.807, 2.05) is 67.6 Å². The average Bonchev–Trinajstić information content (AvgIpc) is 3.02. The number of hydrazine groups is 1. The molecule has 3 aromatic carbocycles. The predicted molar refractivity (Wildman–Crippen MR) is 112 cm³/mol. The van der Waals surface area contributed by atoms with Crippen LogP contribution in [0.15, 0.2) is 84.4 Å². The van der Waals surface area contributed by atoms with Gasteiger partial charge in [-0.25, -0.2) is 5.01 Å². The summed E-state index contributed by atoms with van der Waals surface area (Å²) in [6.07, 6.45) is 1.59. The Morgan fingerprint density at radius 3 is 2.41 bits per heavy atom. The van der Waals surface area contributed by atoms with E-state index in [-0.39, 0.29) is 11.5 Å². The molecule has 0 aromatic heterocycles. The third-order valence-corrected chi connectivity index (χ3v) is 4.58. The minimum Gasteiger partial charge on any atom is -0.489 e. The summed E-state index contributed by atoms with van der Waals surface area (Å²) >= 11 is 0. The van der Waals surface area contributed by atoms with E-state index < -0.39 is 5.91 Å². The van der Waals surface area contributed by atoms with E-state index in [4.69, 9.17) is 4.74 Å². The van der Waals surface area contributed by atoms with E-state index in [9.17, 15) is 9.59 Å². The Bertz CT molecular complexity index is 1070. The van der Waals surface area contributed by atoms with Crippen molar-refractivity contribution in [2.45, 2.75) is 13.5 Å². The number of aryl methyl sites for hydroxylation is 1. The minimum absolute atomic E-state index is 0.0993. The maximum atomic E-state index is 12.6. The van der Waals surface area contributed by atoms with E-state index in [0.29, 0.717) is 12.3 Å². The molecule has 4 rings (SSSR count). The van der Waals surface area contributed by atoms with Gasteiger partial charge in [-0.1, -0.05) is 60.2 Å². The molecule has 1 saturated heterocycles. The standard InChI is InChI=1S/C24H20N2O3/c1-17-6-5-7-19(14-17)16-29-21-12-10-18(11-13-21)15-22-23(27)25-26(24(22)28)20-8-3-2-4-9-20/h2-15H,16H2,1H3,(H,25,27)/b22-15+. The van der Waals surface area contributed by atoms with Gasteiger partial charge >= 0.3 is 0 Å². The minimum atomic E-state index is -0.418. The Morgan fingerprint density at radius 2 is 1.69 bits per heavy atom. The van der Waals surface area contributed by atoms with Crippen molar-refractivity contribution in [3.63, 3.8) is 0 Å². The van der Waals surface area contributed by atoms with Crippen molar-refractivity contribution in [2.75, 3.05) is 5.01 Å². The van der Waals surface area contributed by atoms with E-state index in [2.05, 4.69) is 11.5 Å². The number of benzene rings is 3.